The fraction of sp³-hybridized carbons (Fsp3) is 0.321. The molecule has 0 radical (unpaired) electrons. The Kier molecular flexibility index (Phi) is 6.05. The minimum atomic E-state index is -0.107. The Balaban J connectivity index is 1.26. The Morgan fingerprint density at radius 1 is 0.971 bits per heavy atom. The third kappa shape index (κ3) is 4.40. The number of hydrogen-bond donors (Lipinski definition) is 1. The van der Waals surface area contributed by atoms with Crippen molar-refractivity contribution in [2.45, 2.75) is 58.5 Å². The summed E-state index contributed by atoms with van der Waals surface area (Å²) in [6, 6.07) is 15.8. The van der Waals surface area contributed by atoms with Crippen LogP contribution in [0, 0.1) is 0 Å². The summed E-state index contributed by atoms with van der Waals surface area (Å²) < 4.78 is 3.46. The molecule has 2 heterocycles. The van der Waals surface area contributed by atoms with Crippen LogP contribution in [0.15, 0.2) is 65.7 Å². The summed E-state index contributed by atoms with van der Waals surface area (Å²) in [5, 5.41) is 7.59. The molecule has 174 valence electrons. The number of hydrogen-bond acceptors (Lipinski definition) is 3. The molecule has 2 aromatic heterocycles. The molecule has 4 aromatic rings. The van der Waals surface area contributed by atoms with Gasteiger partial charge in [-0.15, -0.1) is 0 Å². The van der Waals surface area contributed by atoms with E-state index < -0.39 is 0 Å². The predicted octanol–water partition coefficient (Wildman–Crippen LogP) is 4.48. The van der Waals surface area contributed by atoms with E-state index in [2.05, 4.69) is 48.5 Å². The zero-order valence-electron chi connectivity index (χ0n) is 19.8. The van der Waals surface area contributed by atoms with Gasteiger partial charge in [0.25, 0.3) is 11.5 Å². The number of carbonyl (C=O) groups is 1. The van der Waals surface area contributed by atoms with Crippen LogP contribution in [0.25, 0.3) is 5.52 Å². The Morgan fingerprint density at radius 3 is 2.41 bits per heavy atom. The first-order valence-corrected chi connectivity index (χ1v) is 12.0. The van der Waals surface area contributed by atoms with E-state index in [4.69, 9.17) is 0 Å². The molecule has 0 unspecified atom stereocenters. The van der Waals surface area contributed by atoms with Crippen molar-refractivity contribution >= 4 is 11.4 Å². The molecule has 0 spiro atoms. The molecule has 0 saturated heterocycles. The van der Waals surface area contributed by atoms with E-state index >= 15 is 0 Å². The molecule has 0 atom stereocenters. The van der Waals surface area contributed by atoms with E-state index in [1.54, 1.807) is 15.3 Å². The second-order valence-corrected chi connectivity index (χ2v) is 9.43. The molecule has 0 fully saturated rings. The van der Waals surface area contributed by atoms with Crippen molar-refractivity contribution in [3.8, 4) is 0 Å². The van der Waals surface area contributed by atoms with E-state index in [0.717, 1.165) is 48.1 Å². The van der Waals surface area contributed by atoms with Crippen molar-refractivity contribution in [1.29, 1.82) is 0 Å². The van der Waals surface area contributed by atoms with Gasteiger partial charge in [-0.2, -0.15) is 5.10 Å². The molecular weight excluding hydrogens is 424 g/mol. The Morgan fingerprint density at radius 2 is 1.68 bits per heavy atom. The van der Waals surface area contributed by atoms with E-state index in [1.807, 2.05) is 30.5 Å². The first kappa shape index (κ1) is 22.1. The normalized spacial score (nSPS) is 13.3. The lowest BCUT2D eigenvalue weighted by atomic mass is 9.97. The minimum absolute atomic E-state index is 0.0107. The average molecular weight is 455 g/mol. The second kappa shape index (κ2) is 9.29. The van der Waals surface area contributed by atoms with Gasteiger partial charge in [0, 0.05) is 30.1 Å². The third-order valence-corrected chi connectivity index (χ3v) is 6.70. The summed E-state index contributed by atoms with van der Waals surface area (Å²) in [6.45, 7) is 5.28. The first-order valence-electron chi connectivity index (χ1n) is 12.0. The molecule has 34 heavy (non-hydrogen) atoms. The third-order valence-electron chi connectivity index (χ3n) is 6.70. The van der Waals surface area contributed by atoms with Crippen LogP contribution < -0.4 is 10.9 Å². The zero-order chi connectivity index (χ0) is 23.7. The lowest BCUT2D eigenvalue weighted by Gasteiger charge is -2.10. The molecular formula is C28H30N4O2. The largest absolute Gasteiger partial charge is 0.348 e. The quantitative estimate of drug-likeness (QED) is 0.467. The summed E-state index contributed by atoms with van der Waals surface area (Å²) in [5.74, 6) is 0.384. The molecule has 0 aliphatic heterocycles. The highest BCUT2D eigenvalue weighted by atomic mass is 16.1. The lowest BCUT2D eigenvalue weighted by molar-refractivity contribution is 0.0951. The number of amides is 1. The van der Waals surface area contributed by atoms with Crippen LogP contribution in [0.3, 0.4) is 0 Å². The Bertz CT molecular complexity index is 1380. The topological polar surface area (TPSA) is 68.4 Å². The van der Waals surface area contributed by atoms with Crippen LogP contribution in [0.1, 0.15) is 70.9 Å². The minimum Gasteiger partial charge on any atom is -0.348 e. The molecule has 5 rings (SSSR count). The average Bonchev–Trinajstić information content (AvgIpc) is 3.24. The Hall–Kier alpha value is -3.67. The fourth-order valence-electron chi connectivity index (χ4n) is 4.64. The number of aryl methyl sites for hydroxylation is 2. The highest BCUT2D eigenvalue weighted by molar-refractivity contribution is 5.94. The molecule has 1 N–H and O–H groups in total. The SMILES string of the molecule is CC(C)c1ccc(CNC(=O)c2ccc(Cn3ccn4nc5c(c4c3=O)CCCC5)cc2)cc1. The Labute approximate surface area is 199 Å². The van der Waals surface area contributed by atoms with Crippen LogP contribution in [0.2, 0.25) is 0 Å². The summed E-state index contributed by atoms with van der Waals surface area (Å²) in [6.07, 6.45) is 7.77. The fourth-order valence-corrected chi connectivity index (χ4v) is 4.64. The van der Waals surface area contributed by atoms with E-state index in [-0.39, 0.29) is 11.5 Å². The van der Waals surface area contributed by atoms with Gasteiger partial charge >= 0.3 is 0 Å². The van der Waals surface area contributed by atoms with Gasteiger partial charge in [0.1, 0.15) is 5.52 Å². The number of fused-ring (bicyclic) bond motifs is 3. The maximum absolute atomic E-state index is 13.2. The van der Waals surface area contributed by atoms with Gasteiger partial charge in [0.2, 0.25) is 0 Å². The van der Waals surface area contributed by atoms with Gasteiger partial charge in [-0.1, -0.05) is 50.2 Å². The molecule has 0 bridgehead atoms. The summed E-state index contributed by atoms with van der Waals surface area (Å²) in [7, 11) is 0. The smallest absolute Gasteiger partial charge is 0.277 e. The van der Waals surface area contributed by atoms with Crippen molar-refractivity contribution < 1.29 is 4.79 Å². The zero-order valence-corrected chi connectivity index (χ0v) is 19.8. The predicted molar refractivity (Wildman–Crippen MR) is 133 cm³/mol. The van der Waals surface area contributed by atoms with Gasteiger partial charge in [-0.3, -0.25) is 9.59 Å². The summed E-state index contributed by atoms with van der Waals surface area (Å²) in [4.78, 5) is 25.8. The van der Waals surface area contributed by atoms with Crippen LogP contribution in [0.4, 0.5) is 0 Å². The van der Waals surface area contributed by atoms with E-state index in [9.17, 15) is 9.59 Å². The maximum atomic E-state index is 13.2. The highest BCUT2D eigenvalue weighted by Gasteiger charge is 2.19. The molecule has 6 nitrogen and oxygen atoms in total. The van der Waals surface area contributed by atoms with E-state index in [0.29, 0.717) is 30.1 Å². The highest BCUT2D eigenvalue weighted by Crippen LogP contribution is 2.22. The maximum Gasteiger partial charge on any atom is 0.277 e. The molecule has 1 amide bonds. The number of nitrogens with one attached hydrogen (secondary N) is 1. The van der Waals surface area contributed by atoms with Crippen LogP contribution in [-0.4, -0.2) is 20.1 Å². The number of carbonyl (C=O) groups excluding carboxylic acids is 1. The first-order chi connectivity index (χ1) is 16.5. The van der Waals surface area contributed by atoms with Gasteiger partial charge < -0.3 is 9.88 Å². The standard InChI is InChI=1S/C28H30N4O2/c1-19(2)22-11-7-20(8-12-22)17-29-27(33)23-13-9-21(10-14-23)18-31-15-16-32-26(28(31)34)24-5-3-4-6-25(24)30-32/h7-16,19H,3-6,17-18H2,1-2H3,(H,29,33). The lowest BCUT2D eigenvalue weighted by Crippen LogP contribution is -2.23. The number of rotatable bonds is 6. The van der Waals surface area contributed by atoms with Gasteiger partial charge in [0.15, 0.2) is 0 Å². The number of nitrogens with zero attached hydrogens (tertiary/aromatic N) is 3. The van der Waals surface area contributed by atoms with Gasteiger partial charge in [-0.05, 0) is 60.4 Å². The number of benzene rings is 2. The molecule has 6 heteroatoms. The van der Waals surface area contributed by atoms with Crippen LogP contribution in [-0.2, 0) is 25.9 Å². The van der Waals surface area contributed by atoms with Crippen molar-refractivity contribution in [1.82, 2.24) is 19.5 Å². The van der Waals surface area contributed by atoms with Gasteiger partial charge in [0.05, 0.1) is 12.2 Å². The molecule has 0 saturated carbocycles. The molecule has 2 aromatic carbocycles. The van der Waals surface area contributed by atoms with Crippen molar-refractivity contribution in [3.63, 3.8) is 0 Å². The van der Waals surface area contributed by atoms with Crippen molar-refractivity contribution in [3.05, 3.63) is 105 Å². The van der Waals surface area contributed by atoms with E-state index in [1.165, 1.54) is 5.56 Å². The summed E-state index contributed by atoms with van der Waals surface area (Å²) in [5.41, 5.74) is 6.81. The summed E-state index contributed by atoms with van der Waals surface area (Å²) >= 11 is 0. The number of aromatic nitrogens is 3. The second-order valence-electron chi connectivity index (χ2n) is 9.43. The van der Waals surface area contributed by atoms with Gasteiger partial charge in [-0.25, -0.2) is 4.52 Å². The van der Waals surface area contributed by atoms with Crippen LogP contribution >= 0.6 is 0 Å². The monoisotopic (exact) mass is 454 g/mol. The van der Waals surface area contributed by atoms with Crippen molar-refractivity contribution in [2.75, 3.05) is 0 Å². The molecule has 1 aliphatic rings. The van der Waals surface area contributed by atoms with Crippen molar-refractivity contribution in [2.24, 2.45) is 0 Å². The van der Waals surface area contributed by atoms with Crippen LogP contribution in [0.5, 0.6) is 0 Å². The molecule has 1 aliphatic carbocycles.